The zero-order chi connectivity index (χ0) is 20.5. The lowest BCUT2D eigenvalue weighted by molar-refractivity contribution is 0.0176. The van der Waals surface area contributed by atoms with E-state index in [-0.39, 0.29) is 22.6 Å². The van der Waals surface area contributed by atoms with Crippen LogP contribution in [0.2, 0.25) is 0 Å². The van der Waals surface area contributed by atoms with Crippen LogP contribution in [0.4, 0.5) is 4.79 Å². The molecule has 2 aliphatic heterocycles. The largest absolute Gasteiger partial charge is 0.444 e. The van der Waals surface area contributed by atoms with Crippen LogP contribution in [-0.2, 0) is 4.74 Å². The first-order chi connectivity index (χ1) is 12.2. The van der Waals surface area contributed by atoms with E-state index in [1.807, 2.05) is 25.7 Å². The minimum atomic E-state index is -0.458. The molecule has 2 rings (SSSR count). The van der Waals surface area contributed by atoms with Gasteiger partial charge in [0.1, 0.15) is 11.4 Å². The molecule has 2 heterocycles. The van der Waals surface area contributed by atoms with Crippen molar-refractivity contribution in [2.45, 2.75) is 91.3 Å². The number of ether oxygens (including phenoxy) is 1. The van der Waals surface area contributed by atoms with Crippen LogP contribution in [-0.4, -0.2) is 59.7 Å². The molecule has 0 atom stereocenters. The Bertz CT molecular complexity index is 562. The Hall–Kier alpha value is -1.30. The normalized spacial score (nSPS) is 21.0. The van der Waals surface area contributed by atoms with Crippen molar-refractivity contribution in [1.82, 2.24) is 15.5 Å². The van der Waals surface area contributed by atoms with Gasteiger partial charge in [-0.2, -0.15) is 0 Å². The van der Waals surface area contributed by atoms with E-state index in [1.54, 1.807) is 0 Å². The average molecular weight is 381 g/mol. The van der Waals surface area contributed by atoms with Gasteiger partial charge in [-0.1, -0.05) is 20.8 Å². The molecule has 0 aliphatic carbocycles. The molecule has 1 amide bonds. The van der Waals surface area contributed by atoms with Crippen LogP contribution in [0, 0.1) is 5.41 Å². The molecule has 2 aliphatic rings. The van der Waals surface area contributed by atoms with E-state index in [4.69, 9.17) is 9.73 Å². The van der Waals surface area contributed by atoms with Crippen LogP contribution >= 0.6 is 0 Å². The number of nitrogens with zero attached hydrogens (tertiary/aromatic N) is 2. The van der Waals surface area contributed by atoms with Crippen molar-refractivity contribution in [1.29, 1.82) is 0 Å². The summed E-state index contributed by atoms with van der Waals surface area (Å²) in [7, 11) is 0. The van der Waals surface area contributed by atoms with E-state index < -0.39 is 5.60 Å². The summed E-state index contributed by atoms with van der Waals surface area (Å²) in [5.74, 6) is 1.06. The monoisotopic (exact) mass is 380 g/mol. The minimum absolute atomic E-state index is 0.0363. The zero-order valence-electron chi connectivity index (χ0n) is 18.7. The van der Waals surface area contributed by atoms with Crippen molar-refractivity contribution in [3.63, 3.8) is 0 Å². The lowest BCUT2D eigenvalue weighted by atomic mass is 9.79. The third kappa shape index (κ3) is 6.37. The maximum Gasteiger partial charge on any atom is 0.410 e. The molecule has 1 saturated heterocycles. The van der Waals surface area contributed by atoms with E-state index in [0.717, 1.165) is 38.2 Å². The summed E-state index contributed by atoms with van der Waals surface area (Å²) in [6.45, 7) is 20.1. The van der Waals surface area contributed by atoms with Crippen molar-refractivity contribution in [2.75, 3.05) is 26.2 Å². The first-order valence-electron chi connectivity index (χ1n) is 10.3. The first-order valence-corrected chi connectivity index (χ1v) is 10.3. The lowest BCUT2D eigenvalue weighted by Crippen LogP contribution is -2.67. The number of likely N-dealkylation sites (tertiary alicyclic amines) is 1. The van der Waals surface area contributed by atoms with Gasteiger partial charge in [-0.25, -0.2) is 4.79 Å². The van der Waals surface area contributed by atoms with Gasteiger partial charge in [0.15, 0.2) is 0 Å². The molecule has 1 spiro atoms. The summed E-state index contributed by atoms with van der Waals surface area (Å²) in [5.41, 5.74) is -0.413. The highest BCUT2D eigenvalue weighted by Crippen LogP contribution is 2.30. The molecule has 6 heteroatoms. The van der Waals surface area contributed by atoms with E-state index >= 15 is 0 Å². The van der Waals surface area contributed by atoms with Crippen LogP contribution < -0.4 is 10.6 Å². The molecule has 156 valence electrons. The van der Waals surface area contributed by atoms with E-state index in [1.165, 1.54) is 0 Å². The van der Waals surface area contributed by atoms with E-state index in [9.17, 15) is 4.79 Å². The van der Waals surface area contributed by atoms with Crippen LogP contribution in [0.3, 0.4) is 0 Å². The summed E-state index contributed by atoms with van der Waals surface area (Å²) in [6.07, 6.45) is 2.54. The highest BCUT2D eigenvalue weighted by Gasteiger charge is 2.43. The number of hydrogen-bond acceptors (Lipinski definition) is 5. The second kappa shape index (κ2) is 7.61. The maximum atomic E-state index is 12.4. The summed E-state index contributed by atoms with van der Waals surface area (Å²) in [4.78, 5) is 19.1. The summed E-state index contributed by atoms with van der Waals surface area (Å²) >= 11 is 0. The number of aliphatic imine (C=N–C) groups is 1. The number of piperidine rings is 1. The molecule has 0 saturated carbocycles. The molecule has 0 aromatic heterocycles. The Kier molecular flexibility index (Phi) is 6.20. The number of rotatable bonds is 2. The fraction of sp³-hybridized carbons (Fsp3) is 0.905. The Balaban J connectivity index is 2.05. The molecule has 27 heavy (non-hydrogen) atoms. The second-order valence-electron chi connectivity index (χ2n) is 11.0. The predicted octanol–water partition coefficient (Wildman–Crippen LogP) is 3.56. The van der Waals surface area contributed by atoms with Crippen molar-refractivity contribution >= 4 is 11.9 Å². The number of hydrogen-bond donors (Lipinski definition) is 2. The highest BCUT2D eigenvalue weighted by atomic mass is 16.6. The maximum absolute atomic E-state index is 12.4. The number of carbonyl (C=O) groups is 1. The fourth-order valence-corrected chi connectivity index (χ4v) is 4.36. The number of amides is 1. The quantitative estimate of drug-likeness (QED) is 0.769. The van der Waals surface area contributed by atoms with E-state index in [0.29, 0.717) is 13.1 Å². The molecular formula is C21H40N4O2. The molecule has 2 N–H and O–H groups in total. The Morgan fingerprint density at radius 3 is 2.26 bits per heavy atom. The molecule has 6 nitrogen and oxygen atoms in total. The van der Waals surface area contributed by atoms with Crippen molar-refractivity contribution < 1.29 is 9.53 Å². The molecule has 0 aromatic carbocycles. The van der Waals surface area contributed by atoms with Gasteiger partial charge in [0.25, 0.3) is 0 Å². The van der Waals surface area contributed by atoms with Crippen molar-refractivity contribution in [3.05, 3.63) is 0 Å². The van der Waals surface area contributed by atoms with Gasteiger partial charge in [-0.3, -0.25) is 4.99 Å². The average Bonchev–Trinajstić information content (AvgIpc) is 2.46. The molecule has 1 fully saturated rings. The molecule has 0 radical (unpaired) electrons. The highest BCUT2D eigenvalue weighted by molar-refractivity contribution is 5.93. The molecule has 0 unspecified atom stereocenters. The van der Waals surface area contributed by atoms with Gasteiger partial charge in [0.2, 0.25) is 0 Å². The van der Waals surface area contributed by atoms with Crippen LogP contribution in [0.1, 0.15) is 74.7 Å². The summed E-state index contributed by atoms with van der Waals surface area (Å²) in [6, 6.07) is 0. The van der Waals surface area contributed by atoms with Crippen LogP contribution in [0.15, 0.2) is 4.99 Å². The third-order valence-corrected chi connectivity index (χ3v) is 5.00. The first kappa shape index (κ1) is 22.0. The predicted molar refractivity (Wildman–Crippen MR) is 111 cm³/mol. The number of nitrogens with one attached hydrogen (secondary N) is 2. The topological polar surface area (TPSA) is 66.0 Å². The van der Waals surface area contributed by atoms with Crippen LogP contribution in [0.25, 0.3) is 0 Å². The Labute approximate surface area is 165 Å². The minimum Gasteiger partial charge on any atom is -0.444 e. The van der Waals surface area contributed by atoms with Gasteiger partial charge >= 0.3 is 6.09 Å². The Morgan fingerprint density at radius 1 is 1.15 bits per heavy atom. The van der Waals surface area contributed by atoms with Crippen molar-refractivity contribution in [2.24, 2.45) is 10.4 Å². The third-order valence-electron chi connectivity index (χ3n) is 5.00. The second-order valence-corrected chi connectivity index (χ2v) is 11.0. The summed E-state index contributed by atoms with van der Waals surface area (Å²) < 4.78 is 5.54. The zero-order valence-corrected chi connectivity index (χ0v) is 18.7. The lowest BCUT2D eigenvalue weighted by Gasteiger charge is -2.47. The van der Waals surface area contributed by atoms with Gasteiger partial charge in [-0.15, -0.1) is 0 Å². The summed E-state index contributed by atoms with van der Waals surface area (Å²) in [5, 5.41) is 7.45. The number of carbonyl (C=O) groups excluding carboxylic acids is 1. The van der Waals surface area contributed by atoms with E-state index in [2.05, 4.69) is 45.3 Å². The molecule has 0 aromatic rings. The molecular weight excluding hydrogens is 340 g/mol. The van der Waals surface area contributed by atoms with Gasteiger partial charge in [0.05, 0.1) is 12.1 Å². The fourth-order valence-electron chi connectivity index (χ4n) is 4.36. The smallest absolute Gasteiger partial charge is 0.410 e. The number of amidine groups is 1. The van der Waals surface area contributed by atoms with Gasteiger partial charge in [0, 0.05) is 25.2 Å². The standard InChI is InChI=1S/C21H40N4O2/c1-18(2,3)15-20(7,8)24-16-21(23-12-11-22-16)9-13-25(14-10-21)17(26)27-19(4,5)6/h23H,9-15H2,1-8H3,(H,22,24). The van der Waals surface area contributed by atoms with Crippen molar-refractivity contribution in [3.8, 4) is 0 Å². The van der Waals surface area contributed by atoms with Gasteiger partial charge in [-0.05, 0) is 59.3 Å². The Morgan fingerprint density at radius 2 is 1.74 bits per heavy atom. The SMILES string of the molecule is CC(C)(C)CC(C)(C)NC1=NCCNC12CCN(C(=O)OC(C)(C)C)CC2. The van der Waals surface area contributed by atoms with Gasteiger partial charge < -0.3 is 20.3 Å². The molecule has 0 bridgehead atoms. The van der Waals surface area contributed by atoms with Crippen LogP contribution in [0.5, 0.6) is 0 Å².